The second-order valence-corrected chi connectivity index (χ2v) is 5.09. The summed E-state index contributed by atoms with van der Waals surface area (Å²) in [5.74, 6) is -0.770. The molecule has 2 atom stereocenters. The largest absolute Gasteiger partial charge is 0.360 e. The maximum atomic E-state index is 13.8. The number of halogens is 1. The molecule has 2 rings (SSSR count). The summed E-state index contributed by atoms with van der Waals surface area (Å²) in [4.78, 5) is 12.5. The lowest BCUT2D eigenvalue weighted by molar-refractivity contribution is -0.386. The zero-order chi connectivity index (χ0) is 14.7. The topological polar surface area (TPSA) is 58.4 Å². The van der Waals surface area contributed by atoms with Crippen molar-refractivity contribution in [2.24, 2.45) is 0 Å². The van der Waals surface area contributed by atoms with Gasteiger partial charge in [0.25, 0.3) is 0 Å². The molecule has 0 radical (unpaired) electrons. The molecule has 20 heavy (non-hydrogen) atoms. The lowest BCUT2D eigenvalue weighted by Gasteiger charge is -2.41. The van der Waals surface area contributed by atoms with Gasteiger partial charge in [-0.1, -0.05) is 19.9 Å². The Morgan fingerprint density at radius 3 is 2.80 bits per heavy atom. The van der Waals surface area contributed by atoms with Crippen LogP contribution in [0.25, 0.3) is 0 Å². The molecular weight excluding hydrogens is 261 g/mol. The van der Waals surface area contributed by atoms with E-state index in [1.165, 1.54) is 6.07 Å². The maximum Gasteiger partial charge on any atom is 0.327 e. The molecule has 110 valence electrons. The lowest BCUT2D eigenvalue weighted by Crippen LogP contribution is -2.56. The highest BCUT2D eigenvalue weighted by Crippen LogP contribution is 2.33. The van der Waals surface area contributed by atoms with E-state index in [-0.39, 0.29) is 12.1 Å². The molecule has 0 saturated carbocycles. The van der Waals surface area contributed by atoms with Crippen LogP contribution < -0.4 is 10.2 Å². The monoisotopic (exact) mass is 281 g/mol. The van der Waals surface area contributed by atoms with Crippen LogP contribution in [-0.2, 0) is 0 Å². The third-order valence-corrected chi connectivity index (χ3v) is 3.92. The van der Waals surface area contributed by atoms with Gasteiger partial charge >= 0.3 is 5.69 Å². The van der Waals surface area contributed by atoms with Crippen molar-refractivity contribution in [1.82, 2.24) is 5.32 Å². The number of benzene rings is 1. The Morgan fingerprint density at radius 2 is 2.20 bits per heavy atom. The van der Waals surface area contributed by atoms with Gasteiger partial charge in [0.15, 0.2) is 0 Å². The number of nitro groups is 1. The van der Waals surface area contributed by atoms with E-state index in [9.17, 15) is 14.5 Å². The molecule has 1 saturated heterocycles. The Balaban J connectivity index is 2.41. The average Bonchev–Trinajstić information content (AvgIpc) is 2.45. The molecule has 1 aromatic rings. The first kappa shape index (κ1) is 14.7. The van der Waals surface area contributed by atoms with Crippen LogP contribution >= 0.6 is 0 Å². The molecule has 0 aromatic heterocycles. The molecule has 2 unspecified atom stereocenters. The second-order valence-electron chi connectivity index (χ2n) is 5.09. The Kier molecular flexibility index (Phi) is 4.54. The van der Waals surface area contributed by atoms with Crippen LogP contribution in [-0.4, -0.2) is 30.1 Å². The molecule has 0 bridgehead atoms. The van der Waals surface area contributed by atoms with E-state index >= 15 is 0 Å². The highest BCUT2D eigenvalue weighted by atomic mass is 19.1. The third kappa shape index (κ3) is 2.75. The number of nitro benzene ring substituents is 1. The van der Waals surface area contributed by atoms with Crippen molar-refractivity contribution in [3.05, 3.63) is 34.1 Å². The smallest absolute Gasteiger partial charge is 0.327 e. The molecular formula is C14H20FN3O2. The van der Waals surface area contributed by atoms with Crippen LogP contribution in [0.1, 0.15) is 26.7 Å². The van der Waals surface area contributed by atoms with Crippen molar-refractivity contribution in [2.45, 2.75) is 38.8 Å². The second kappa shape index (κ2) is 6.17. The number of nitrogens with one attached hydrogen (secondary N) is 1. The Hall–Kier alpha value is -1.69. The fourth-order valence-corrected chi connectivity index (χ4v) is 2.71. The van der Waals surface area contributed by atoms with E-state index in [0.29, 0.717) is 12.2 Å². The molecule has 0 spiro atoms. The van der Waals surface area contributed by atoms with E-state index in [0.717, 1.165) is 25.5 Å². The van der Waals surface area contributed by atoms with E-state index in [1.807, 2.05) is 11.8 Å². The van der Waals surface area contributed by atoms with Gasteiger partial charge in [-0.2, -0.15) is 4.39 Å². The van der Waals surface area contributed by atoms with Crippen molar-refractivity contribution in [2.75, 3.05) is 18.0 Å². The predicted octanol–water partition coefficient (Wildman–Crippen LogP) is 2.70. The van der Waals surface area contributed by atoms with Gasteiger partial charge in [-0.05, 0) is 25.0 Å². The quantitative estimate of drug-likeness (QED) is 0.681. The van der Waals surface area contributed by atoms with Crippen molar-refractivity contribution in [3.8, 4) is 0 Å². The van der Waals surface area contributed by atoms with E-state index in [4.69, 9.17) is 0 Å². The maximum absolute atomic E-state index is 13.8. The molecule has 0 amide bonds. The molecule has 1 fully saturated rings. The van der Waals surface area contributed by atoms with Crippen molar-refractivity contribution >= 4 is 11.4 Å². The van der Waals surface area contributed by atoms with Gasteiger partial charge in [-0.3, -0.25) is 10.1 Å². The SMILES string of the molecule is CCC1CN(c2cccc(F)c2[N+](=O)[O-])C(CC)CN1. The van der Waals surface area contributed by atoms with Crippen molar-refractivity contribution < 1.29 is 9.31 Å². The van der Waals surface area contributed by atoms with Gasteiger partial charge in [0.05, 0.1) is 4.92 Å². The van der Waals surface area contributed by atoms with Crippen LogP contribution in [0.4, 0.5) is 15.8 Å². The minimum absolute atomic E-state index is 0.151. The molecule has 1 aliphatic rings. The summed E-state index contributed by atoms with van der Waals surface area (Å²) in [7, 11) is 0. The minimum atomic E-state index is -0.770. The predicted molar refractivity (Wildman–Crippen MR) is 76.6 cm³/mol. The van der Waals surface area contributed by atoms with E-state index in [1.54, 1.807) is 6.07 Å². The van der Waals surface area contributed by atoms with Gasteiger partial charge in [0.2, 0.25) is 5.82 Å². The van der Waals surface area contributed by atoms with Crippen molar-refractivity contribution in [1.29, 1.82) is 0 Å². The van der Waals surface area contributed by atoms with Crippen LogP contribution in [0.3, 0.4) is 0 Å². The molecule has 1 N–H and O–H groups in total. The minimum Gasteiger partial charge on any atom is -0.360 e. The van der Waals surface area contributed by atoms with Gasteiger partial charge in [-0.25, -0.2) is 0 Å². The van der Waals surface area contributed by atoms with E-state index in [2.05, 4.69) is 12.2 Å². The van der Waals surface area contributed by atoms with Gasteiger partial charge in [0, 0.05) is 25.2 Å². The normalized spacial score (nSPS) is 22.9. The molecule has 1 aromatic carbocycles. The Bertz CT molecular complexity index is 495. The third-order valence-electron chi connectivity index (χ3n) is 3.92. The molecule has 1 heterocycles. The number of para-hydroxylation sites is 1. The first-order chi connectivity index (χ1) is 9.58. The van der Waals surface area contributed by atoms with Crippen LogP contribution in [0.15, 0.2) is 18.2 Å². The molecule has 0 aliphatic carbocycles. The molecule has 5 nitrogen and oxygen atoms in total. The Labute approximate surface area is 117 Å². The molecule has 6 heteroatoms. The fraction of sp³-hybridized carbons (Fsp3) is 0.571. The summed E-state index contributed by atoms with van der Waals surface area (Å²) in [6.07, 6.45) is 1.80. The summed E-state index contributed by atoms with van der Waals surface area (Å²) in [6.45, 7) is 5.54. The number of piperazine rings is 1. The highest BCUT2D eigenvalue weighted by Gasteiger charge is 2.32. The first-order valence-electron chi connectivity index (χ1n) is 7.01. The van der Waals surface area contributed by atoms with Crippen LogP contribution in [0, 0.1) is 15.9 Å². The number of nitrogens with zero attached hydrogens (tertiary/aromatic N) is 2. The van der Waals surface area contributed by atoms with Crippen LogP contribution in [0.5, 0.6) is 0 Å². The van der Waals surface area contributed by atoms with Crippen molar-refractivity contribution in [3.63, 3.8) is 0 Å². The van der Waals surface area contributed by atoms with Gasteiger partial charge in [-0.15, -0.1) is 0 Å². The first-order valence-corrected chi connectivity index (χ1v) is 7.01. The van der Waals surface area contributed by atoms with Crippen LogP contribution in [0.2, 0.25) is 0 Å². The highest BCUT2D eigenvalue weighted by molar-refractivity contribution is 5.64. The zero-order valence-corrected chi connectivity index (χ0v) is 11.8. The number of anilines is 1. The number of hydrogen-bond acceptors (Lipinski definition) is 4. The number of rotatable bonds is 4. The number of hydrogen-bond donors (Lipinski definition) is 1. The van der Waals surface area contributed by atoms with E-state index < -0.39 is 16.4 Å². The summed E-state index contributed by atoms with van der Waals surface area (Å²) < 4.78 is 13.8. The summed E-state index contributed by atoms with van der Waals surface area (Å²) in [5, 5.41) is 14.6. The van der Waals surface area contributed by atoms with Gasteiger partial charge < -0.3 is 10.2 Å². The summed E-state index contributed by atoms with van der Waals surface area (Å²) in [6, 6.07) is 4.75. The zero-order valence-electron chi connectivity index (χ0n) is 11.8. The standard InChI is InChI=1S/C14H20FN3O2/c1-3-10-9-17(11(4-2)8-16-10)13-7-5-6-12(15)14(13)18(19)20/h5-7,10-11,16H,3-4,8-9H2,1-2H3. The molecule has 1 aliphatic heterocycles. The lowest BCUT2D eigenvalue weighted by atomic mass is 10.0. The summed E-state index contributed by atoms with van der Waals surface area (Å²) in [5.41, 5.74) is -0.0236. The fourth-order valence-electron chi connectivity index (χ4n) is 2.71. The summed E-state index contributed by atoms with van der Waals surface area (Å²) >= 11 is 0. The Morgan fingerprint density at radius 1 is 1.45 bits per heavy atom. The van der Waals surface area contributed by atoms with Gasteiger partial charge in [0.1, 0.15) is 5.69 Å². The average molecular weight is 281 g/mol.